The lowest BCUT2D eigenvalue weighted by molar-refractivity contribution is -0.384. The van der Waals surface area contributed by atoms with Gasteiger partial charge in [0.15, 0.2) is 5.13 Å². The number of hydrogen-bond acceptors (Lipinski definition) is 8. The minimum atomic E-state index is -5.42. The molecule has 168 valence electrons. The number of aromatic nitrogens is 1. The highest BCUT2D eigenvalue weighted by atomic mass is 32.1. The van der Waals surface area contributed by atoms with Gasteiger partial charge in [-0.05, 0) is 30.3 Å². The summed E-state index contributed by atoms with van der Waals surface area (Å²) in [5.41, 5.74) is -4.31. The predicted octanol–water partition coefficient (Wildman–Crippen LogP) is 3.62. The van der Waals surface area contributed by atoms with Crippen molar-refractivity contribution in [2.45, 2.75) is 11.8 Å². The average molecular weight is 472 g/mol. The predicted molar refractivity (Wildman–Crippen MR) is 105 cm³/mol. The quantitative estimate of drug-likeness (QED) is 0.185. The van der Waals surface area contributed by atoms with Gasteiger partial charge in [-0.3, -0.25) is 14.9 Å². The van der Waals surface area contributed by atoms with Gasteiger partial charge in [-0.25, -0.2) is 14.2 Å². The van der Waals surface area contributed by atoms with E-state index in [2.05, 4.69) is 9.72 Å². The Morgan fingerprint density at radius 3 is 2.38 bits per heavy atom. The molecule has 2 aromatic carbocycles. The van der Waals surface area contributed by atoms with E-state index in [9.17, 15) is 37.3 Å². The maximum absolute atomic E-state index is 14.1. The molecule has 0 unspecified atom stereocenters. The van der Waals surface area contributed by atoms with Crippen molar-refractivity contribution in [3.05, 3.63) is 64.0 Å². The van der Waals surface area contributed by atoms with Crippen LogP contribution in [0, 0.1) is 15.9 Å². The molecule has 3 aromatic rings. The lowest BCUT2D eigenvalue weighted by Gasteiger charge is -2.34. The van der Waals surface area contributed by atoms with Gasteiger partial charge in [0.2, 0.25) is 0 Å². The number of anilines is 1. The molecule has 1 aromatic heterocycles. The minimum Gasteiger partial charge on any atom is -0.466 e. The van der Waals surface area contributed by atoms with Crippen LogP contribution in [-0.2, 0) is 9.53 Å². The summed E-state index contributed by atoms with van der Waals surface area (Å²) in [7, 11) is 0.691. The second-order valence-electron chi connectivity index (χ2n) is 6.25. The summed E-state index contributed by atoms with van der Waals surface area (Å²) >= 11 is 0.589. The number of benzene rings is 2. The Balaban J connectivity index is 2.05. The number of carbonyl (C=O) groups is 2. The fourth-order valence-electron chi connectivity index (χ4n) is 2.63. The molecular formula is C18H12F4N4O5S. The smallest absolute Gasteiger partial charge is 0.442 e. The molecule has 32 heavy (non-hydrogen) atoms. The molecule has 3 rings (SSSR count). The topological polar surface area (TPSA) is 123 Å². The molecule has 1 amide bonds. The van der Waals surface area contributed by atoms with Crippen molar-refractivity contribution >= 4 is 44.2 Å². The number of nitro groups is 1. The highest BCUT2D eigenvalue weighted by molar-refractivity contribution is 7.22. The zero-order valence-electron chi connectivity index (χ0n) is 15.9. The third-order valence-electron chi connectivity index (χ3n) is 4.20. The lowest BCUT2D eigenvalue weighted by Crippen LogP contribution is -2.69. The number of amides is 1. The van der Waals surface area contributed by atoms with Crippen LogP contribution in [0.1, 0.15) is 10.4 Å². The molecule has 0 spiro atoms. The molecule has 0 bridgehead atoms. The summed E-state index contributed by atoms with van der Waals surface area (Å²) in [5, 5.41) is 13.9. The van der Waals surface area contributed by atoms with E-state index in [1.165, 1.54) is 6.07 Å². The number of nitrogens with zero attached hydrogens (tertiary/aromatic N) is 2. The Hall–Kier alpha value is -3.81. The van der Waals surface area contributed by atoms with E-state index in [0.717, 1.165) is 36.4 Å². The number of ether oxygens (including phenoxy) is 1. The number of alkyl halides is 3. The normalized spacial score (nSPS) is 13.3. The number of hydrogen-bond donors (Lipinski definition) is 2. The summed E-state index contributed by atoms with van der Waals surface area (Å²) in [6.45, 7) is 0. The Labute approximate surface area is 180 Å². The number of nitrogens with one attached hydrogen (secondary N) is 2. The first kappa shape index (κ1) is 22.9. The maximum atomic E-state index is 14.1. The first-order valence-corrected chi connectivity index (χ1v) is 9.35. The van der Waals surface area contributed by atoms with Crippen molar-refractivity contribution in [2.24, 2.45) is 0 Å². The van der Waals surface area contributed by atoms with Gasteiger partial charge in [0.05, 0.1) is 22.2 Å². The van der Waals surface area contributed by atoms with E-state index < -0.39 is 39.6 Å². The molecular weight excluding hydrogens is 460 g/mol. The van der Waals surface area contributed by atoms with Crippen LogP contribution in [0.25, 0.3) is 10.2 Å². The number of thiazole rings is 1. The number of methoxy groups -OCH3 is 1. The van der Waals surface area contributed by atoms with Crippen molar-refractivity contribution in [3.63, 3.8) is 0 Å². The van der Waals surface area contributed by atoms with Gasteiger partial charge in [-0.1, -0.05) is 11.3 Å². The Morgan fingerprint density at radius 1 is 1.16 bits per heavy atom. The molecule has 0 fully saturated rings. The highest BCUT2D eigenvalue weighted by Crippen LogP contribution is 2.36. The zero-order chi connectivity index (χ0) is 23.7. The highest BCUT2D eigenvalue weighted by Gasteiger charge is 2.64. The summed E-state index contributed by atoms with van der Waals surface area (Å²) in [5.74, 6) is -3.97. The summed E-state index contributed by atoms with van der Waals surface area (Å²) in [4.78, 5) is 38.8. The molecule has 14 heteroatoms. The van der Waals surface area contributed by atoms with Crippen molar-refractivity contribution in [3.8, 4) is 0 Å². The maximum Gasteiger partial charge on any atom is 0.442 e. The van der Waals surface area contributed by atoms with Gasteiger partial charge >= 0.3 is 17.8 Å². The summed E-state index contributed by atoms with van der Waals surface area (Å²) < 4.78 is 59.9. The van der Waals surface area contributed by atoms with Crippen LogP contribution in [-0.4, -0.2) is 40.7 Å². The number of nitro benzene ring substituents is 1. The number of non-ortho nitro benzene ring substituents is 1. The van der Waals surface area contributed by atoms with Crippen molar-refractivity contribution < 1.29 is 36.8 Å². The molecule has 0 aliphatic carbocycles. The summed E-state index contributed by atoms with van der Waals surface area (Å²) in [6, 6.07) is 7.01. The largest absolute Gasteiger partial charge is 0.466 e. The molecule has 1 heterocycles. The van der Waals surface area contributed by atoms with Gasteiger partial charge in [0.1, 0.15) is 5.82 Å². The molecule has 9 nitrogen and oxygen atoms in total. The number of halogens is 4. The van der Waals surface area contributed by atoms with E-state index in [0.29, 0.717) is 18.4 Å². The Kier molecular flexibility index (Phi) is 5.98. The van der Waals surface area contributed by atoms with Crippen molar-refractivity contribution in [1.29, 1.82) is 0 Å². The van der Waals surface area contributed by atoms with E-state index in [4.69, 9.17) is 0 Å². The Bertz CT molecular complexity index is 1200. The van der Waals surface area contributed by atoms with Gasteiger partial charge < -0.3 is 15.4 Å². The van der Waals surface area contributed by atoms with Gasteiger partial charge in [0, 0.05) is 17.7 Å². The third-order valence-corrected chi connectivity index (χ3v) is 5.14. The fraction of sp³-hybridized carbons (Fsp3) is 0.167. The van der Waals surface area contributed by atoms with Gasteiger partial charge in [-0.2, -0.15) is 13.2 Å². The third kappa shape index (κ3) is 4.30. The first-order valence-electron chi connectivity index (χ1n) is 8.53. The molecule has 1 atom stereocenters. The molecule has 0 aliphatic rings. The van der Waals surface area contributed by atoms with Crippen LogP contribution in [0.15, 0.2) is 42.5 Å². The van der Waals surface area contributed by atoms with Crippen LogP contribution < -0.4 is 10.6 Å². The van der Waals surface area contributed by atoms with E-state index in [1.54, 1.807) is 5.32 Å². The SMILES string of the molecule is COC(=O)[C@](NC(=O)c1ccc(F)cc1)(Nc1nc2ccc([N+](=O)[O-])cc2s1)C(F)(F)F. The van der Waals surface area contributed by atoms with Gasteiger partial charge in [0.25, 0.3) is 11.6 Å². The van der Waals surface area contributed by atoms with E-state index in [-0.39, 0.29) is 21.5 Å². The van der Waals surface area contributed by atoms with Crippen LogP contribution in [0.5, 0.6) is 0 Å². The van der Waals surface area contributed by atoms with Gasteiger partial charge in [-0.15, -0.1) is 0 Å². The number of rotatable bonds is 6. The Morgan fingerprint density at radius 2 is 1.81 bits per heavy atom. The molecule has 2 N–H and O–H groups in total. The second-order valence-corrected chi connectivity index (χ2v) is 7.28. The summed E-state index contributed by atoms with van der Waals surface area (Å²) in [6.07, 6.45) is -5.42. The molecule has 0 aliphatic heterocycles. The lowest BCUT2D eigenvalue weighted by atomic mass is 10.1. The number of fused-ring (bicyclic) bond motifs is 1. The van der Waals surface area contributed by atoms with Crippen molar-refractivity contribution in [1.82, 2.24) is 10.3 Å². The monoisotopic (exact) mass is 472 g/mol. The van der Waals surface area contributed by atoms with Crippen LogP contribution in [0.2, 0.25) is 0 Å². The van der Waals surface area contributed by atoms with Crippen LogP contribution >= 0.6 is 11.3 Å². The average Bonchev–Trinajstić information content (AvgIpc) is 3.13. The zero-order valence-corrected chi connectivity index (χ0v) is 16.7. The molecule has 0 radical (unpaired) electrons. The van der Waals surface area contributed by atoms with Crippen LogP contribution in [0.4, 0.5) is 28.4 Å². The standard InChI is InChI=1S/C18H12F4N4O5S/c1-31-15(28)17(18(20,21)22,24-14(27)9-2-4-10(19)5-3-9)25-16-23-12-7-6-11(26(29)30)8-13(12)32-16/h2-8H,1H3,(H,23,25)(H,24,27)/t17-/m0/s1. The van der Waals surface area contributed by atoms with E-state index in [1.807, 2.05) is 5.32 Å². The fourth-order valence-corrected chi connectivity index (χ4v) is 3.58. The molecule has 0 saturated heterocycles. The van der Waals surface area contributed by atoms with Crippen LogP contribution in [0.3, 0.4) is 0 Å². The second kappa shape index (κ2) is 8.37. The molecule has 0 saturated carbocycles. The number of carbonyl (C=O) groups excluding carboxylic acids is 2. The minimum absolute atomic E-state index is 0.119. The van der Waals surface area contributed by atoms with Crippen molar-refractivity contribution in [2.75, 3.05) is 12.4 Å². The number of esters is 1. The first-order chi connectivity index (χ1) is 15.0. The van der Waals surface area contributed by atoms with E-state index >= 15 is 0 Å².